The zero-order chi connectivity index (χ0) is 15.4. The van der Waals surface area contributed by atoms with Gasteiger partial charge in [0.2, 0.25) is 0 Å². The van der Waals surface area contributed by atoms with E-state index in [1.54, 1.807) is 31.4 Å². The highest BCUT2D eigenvalue weighted by molar-refractivity contribution is 5.95. The molecular formula is C18H24N2O2. The van der Waals surface area contributed by atoms with Crippen molar-refractivity contribution in [2.24, 2.45) is 16.9 Å². The van der Waals surface area contributed by atoms with Gasteiger partial charge in [-0.1, -0.05) is 19.3 Å². The second-order valence-corrected chi connectivity index (χ2v) is 6.39. The van der Waals surface area contributed by atoms with Crippen LogP contribution in [0.3, 0.4) is 0 Å². The van der Waals surface area contributed by atoms with Gasteiger partial charge in [0.25, 0.3) is 5.91 Å². The van der Waals surface area contributed by atoms with E-state index in [9.17, 15) is 4.79 Å². The fourth-order valence-corrected chi connectivity index (χ4v) is 3.73. The Labute approximate surface area is 131 Å². The second kappa shape index (κ2) is 6.95. The third kappa shape index (κ3) is 3.49. The molecule has 0 heterocycles. The van der Waals surface area contributed by atoms with Crippen LogP contribution in [0.1, 0.15) is 55.3 Å². The molecule has 3 rings (SSSR count). The van der Waals surface area contributed by atoms with Gasteiger partial charge in [0, 0.05) is 11.3 Å². The molecule has 1 amide bonds. The standard InChI is InChI=1S/C18H24N2O2/c1-22-17-10-7-14(8-11-17)18(21)20-19-16-9-6-13-4-2-3-5-15(13)12-16/h7-8,10-11,13,15H,2-6,9,12H2,1H3,(H,20,21)/b19-16-/t13-,15+/m0/s1. The fourth-order valence-electron chi connectivity index (χ4n) is 3.73. The minimum absolute atomic E-state index is 0.152. The van der Waals surface area contributed by atoms with Gasteiger partial charge in [-0.3, -0.25) is 4.79 Å². The van der Waals surface area contributed by atoms with E-state index >= 15 is 0 Å². The van der Waals surface area contributed by atoms with E-state index in [4.69, 9.17) is 4.74 Å². The molecule has 1 aromatic rings. The van der Waals surface area contributed by atoms with Crippen molar-refractivity contribution in [3.8, 4) is 5.75 Å². The van der Waals surface area contributed by atoms with Crippen LogP contribution in [0.4, 0.5) is 0 Å². The molecular weight excluding hydrogens is 276 g/mol. The molecule has 2 aliphatic rings. The van der Waals surface area contributed by atoms with Crippen LogP contribution >= 0.6 is 0 Å². The Kier molecular flexibility index (Phi) is 4.76. The number of rotatable bonds is 3. The highest BCUT2D eigenvalue weighted by Gasteiger charge is 2.30. The molecule has 0 radical (unpaired) electrons. The predicted molar refractivity (Wildman–Crippen MR) is 87.2 cm³/mol. The summed E-state index contributed by atoms with van der Waals surface area (Å²) in [6.45, 7) is 0. The van der Waals surface area contributed by atoms with Crippen LogP contribution in [0.5, 0.6) is 5.75 Å². The summed E-state index contributed by atoms with van der Waals surface area (Å²) in [6, 6.07) is 7.09. The number of hydrogen-bond acceptors (Lipinski definition) is 3. The number of nitrogens with one attached hydrogen (secondary N) is 1. The van der Waals surface area contributed by atoms with Gasteiger partial charge < -0.3 is 4.74 Å². The normalized spacial score (nSPS) is 26.3. The Bertz CT molecular complexity index is 551. The lowest BCUT2D eigenvalue weighted by Crippen LogP contribution is -2.29. The average molecular weight is 300 g/mol. The smallest absolute Gasteiger partial charge is 0.271 e. The first-order chi connectivity index (χ1) is 10.8. The van der Waals surface area contributed by atoms with Crippen molar-refractivity contribution in [1.29, 1.82) is 0 Å². The molecule has 0 aliphatic heterocycles. The molecule has 22 heavy (non-hydrogen) atoms. The fraction of sp³-hybridized carbons (Fsp3) is 0.556. The van der Waals surface area contributed by atoms with Gasteiger partial charge >= 0.3 is 0 Å². The summed E-state index contributed by atoms with van der Waals surface area (Å²) in [4.78, 5) is 12.1. The molecule has 1 N–H and O–H groups in total. The lowest BCUT2D eigenvalue weighted by Gasteiger charge is -2.35. The number of carbonyl (C=O) groups is 1. The van der Waals surface area contributed by atoms with E-state index < -0.39 is 0 Å². The van der Waals surface area contributed by atoms with Crippen molar-refractivity contribution in [2.75, 3.05) is 7.11 Å². The minimum Gasteiger partial charge on any atom is -0.497 e. The third-order valence-electron chi connectivity index (χ3n) is 5.04. The molecule has 2 atom stereocenters. The van der Waals surface area contributed by atoms with Crippen LogP contribution in [-0.4, -0.2) is 18.7 Å². The van der Waals surface area contributed by atoms with Crippen LogP contribution in [-0.2, 0) is 0 Å². The number of fused-ring (bicyclic) bond motifs is 1. The van der Waals surface area contributed by atoms with Crippen LogP contribution in [0.2, 0.25) is 0 Å². The van der Waals surface area contributed by atoms with Gasteiger partial charge in [-0.15, -0.1) is 0 Å². The summed E-state index contributed by atoms with van der Waals surface area (Å²) >= 11 is 0. The number of hydrogen-bond donors (Lipinski definition) is 1. The first-order valence-electron chi connectivity index (χ1n) is 8.26. The van der Waals surface area contributed by atoms with E-state index in [2.05, 4.69) is 10.5 Å². The number of amides is 1. The molecule has 0 spiro atoms. The van der Waals surface area contributed by atoms with Crippen molar-refractivity contribution in [2.45, 2.75) is 44.9 Å². The Morgan fingerprint density at radius 1 is 1.14 bits per heavy atom. The van der Waals surface area contributed by atoms with Gasteiger partial charge in [0.1, 0.15) is 5.75 Å². The van der Waals surface area contributed by atoms with E-state index in [1.807, 2.05) is 0 Å². The molecule has 118 valence electrons. The average Bonchev–Trinajstić information content (AvgIpc) is 2.59. The summed E-state index contributed by atoms with van der Waals surface area (Å²) in [5.41, 5.74) is 4.48. The molecule has 2 aliphatic carbocycles. The molecule has 4 nitrogen and oxygen atoms in total. The molecule has 0 aromatic heterocycles. The monoisotopic (exact) mass is 300 g/mol. The van der Waals surface area contributed by atoms with Crippen molar-refractivity contribution >= 4 is 11.6 Å². The maximum atomic E-state index is 12.1. The van der Waals surface area contributed by atoms with Crippen LogP contribution in [0.15, 0.2) is 29.4 Å². The highest BCUT2D eigenvalue weighted by Crippen LogP contribution is 2.39. The number of benzene rings is 1. The number of nitrogens with zero attached hydrogens (tertiary/aromatic N) is 1. The van der Waals surface area contributed by atoms with Crippen LogP contribution < -0.4 is 10.2 Å². The lowest BCUT2D eigenvalue weighted by atomic mass is 9.70. The Morgan fingerprint density at radius 3 is 2.59 bits per heavy atom. The Morgan fingerprint density at radius 2 is 1.86 bits per heavy atom. The third-order valence-corrected chi connectivity index (χ3v) is 5.04. The van der Waals surface area contributed by atoms with Crippen molar-refractivity contribution in [3.63, 3.8) is 0 Å². The summed E-state index contributed by atoms with van der Waals surface area (Å²) in [7, 11) is 1.61. The Hall–Kier alpha value is -1.84. The van der Waals surface area contributed by atoms with Crippen molar-refractivity contribution < 1.29 is 9.53 Å². The molecule has 1 aromatic carbocycles. The van der Waals surface area contributed by atoms with Gasteiger partial charge in [-0.25, -0.2) is 5.43 Å². The van der Waals surface area contributed by atoms with Crippen molar-refractivity contribution in [1.82, 2.24) is 5.43 Å². The first kappa shape index (κ1) is 15.1. The summed E-state index contributed by atoms with van der Waals surface area (Å²) in [5, 5.41) is 4.38. The largest absolute Gasteiger partial charge is 0.497 e. The summed E-state index contributed by atoms with van der Waals surface area (Å²) in [6.07, 6.45) is 8.79. The molecule has 4 heteroatoms. The zero-order valence-corrected chi connectivity index (χ0v) is 13.2. The highest BCUT2D eigenvalue weighted by atomic mass is 16.5. The number of methoxy groups -OCH3 is 1. The maximum absolute atomic E-state index is 12.1. The number of hydrazone groups is 1. The van der Waals surface area contributed by atoms with Crippen LogP contribution in [0.25, 0.3) is 0 Å². The van der Waals surface area contributed by atoms with Gasteiger partial charge in [-0.2, -0.15) is 5.10 Å². The first-order valence-corrected chi connectivity index (χ1v) is 8.26. The molecule has 2 fully saturated rings. The lowest BCUT2D eigenvalue weighted by molar-refractivity contribution is 0.0954. The number of ether oxygens (including phenoxy) is 1. The summed E-state index contributed by atoms with van der Waals surface area (Å²) < 4.78 is 5.10. The van der Waals surface area contributed by atoms with Gasteiger partial charge in [0.15, 0.2) is 0 Å². The second-order valence-electron chi connectivity index (χ2n) is 6.39. The topological polar surface area (TPSA) is 50.7 Å². The molecule has 0 saturated heterocycles. The maximum Gasteiger partial charge on any atom is 0.271 e. The minimum atomic E-state index is -0.152. The molecule has 2 saturated carbocycles. The van der Waals surface area contributed by atoms with E-state index in [-0.39, 0.29) is 5.91 Å². The van der Waals surface area contributed by atoms with Crippen LogP contribution in [0, 0.1) is 11.8 Å². The Balaban J connectivity index is 1.57. The molecule has 0 bridgehead atoms. The van der Waals surface area contributed by atoms with E-state index in [0.717, 1.165) is 36.1 Å². The quantitative estimate of drug-likeness (QED) is 0.864. The molecule has 0 unspecified atom stereocenters. The van der Waals surface area contributed by atoms with Crippen molar-refractivity contribution in [3.05, 3.63) is 29.8 Å². The van der Waals surface area contributed by atoms with Gasteiger partial charge in [0.05, 0.1) is 7.11 Å². The zero-order valence-electron chi connectivity index (χ0n) is 13.2. The summed E-state index contributed by atoms with van der Waals surface area (Å²) in [5.74, 6) is 2.28. The number of carbonyl (C=O) groups excluding carboxylic acids is 1. The predicted octanol–water partition coefficient (Wildman–Crippen LogP) is 3.77. The SMILES string of the molecule is COc1ccc(C(=O)N/N=C2/CC[C@@H]3CCCC[C@@H]3C2)cc1. The van der Waals surface area contributed by atoms with E-state index in [0.29, 0.717) is 5.56 Å². The van der Waals surface area contributed by atoms with E-state index in [1.165, 1.54) is 32.1 Å². The van der Waals surface area contributed by atoms with Gasteiger partial charge in [-0.05, 0) is 61.8 Å².